The second-order valence-electron chi connectivity index (χ2n) is 6.92. The second kappa shape index (κ2) is 6.71. The van der Waals surface area contributed by atoms with Crippen LogP contribution in [-0.2, 0) is 6.54 Å². The lowest BCUT2D eigenvalue weighted by Crippen LogP contribution is -2.50. The summed E-state index contributed by atoms with van der Waals surface area (Å²) >= 11 is 0. The molecular weight excluding hydrogens is 298 g/mol. The Labute approximate surface area is 143 Å². The molecule has 24 heavy (non-hydrogen) atoms. The molecule has 2 heterocycles. The van der Waals surface area contributed by atoms with Crippen LogP contribution >= 0.6 is 0 Å². The van der Waals surface area contributed by atoms with Gasteiger partial charge in [0.25, 0.3) is 0 Å². The quantitative estimate of drug-likeness (QED) is 0.893. The fourth-order valence-electron chi connectivity index (χ4n) is 4.09. The minimum atomic E-state index is -0.00135. The van der Waals surface area contributed by atoms with Crippen LogP contribution < -0.4 is 5.32 Å². The number of rotatable bonds is 2. The van der Waals surface area contributed by atoms with E-state index in [1.165, 1.54) is 30.5 Å². The third kappa shape index (κ3) is 2.93. The molecule has 0 bridgehead atoms. The largest absolute Gasteiger partial charge is 0.348 e. The fraction of sp³-hybridized carbons (Fsp3) is 0.450. The molecule has 1 N–H and O–H groups in total. The number of carbonyl (C=O) groups excluding carboxylic acids is 1. The molecule has 2 aliphatic rings. The molecule has 1 saturated carbocycles. The summed E-state index contributed by atoms with van der Waals surface area (Å²) < 4.78 is 2.27. The fourth-order valence-corrected chi connectivity index (χ4v) is 4.09. The average Bonchev–Trinajstić information content (AvgIpc) is 3.11. The van der Waals surface area contributed by atoms with E-state index in [0.29, 0.717) is 6.04 Å². The van der Waals surface area contributed by atoms with Gasteiger partial charge in [0.05, 0.1) is 6.04 Å². The van der Waals surface area contributed by atoms with E-state index in [4.69, 9.17) is 0 Å². The number of hydrogen-bond donors (Lipinski definition) is 1. The van der Waals surface area contributed by atoms with E-state index in [-0.39, 0.29) is 12.1 Å². The Morgan fingerprint density at radius 1 is 0.958 bits per heavy atom. The van der Waals surface area contributed by atoms with Gasteiger partial charge in [0.2, 0.25) is 0 Å². The summed E-state index contributed by atoms with van der Waals surface area (Å²) in [5.41, 5.74) is 2.38. The molecular formula is C20H25N3O. The highest BCUT2D eigenvalue weighted by Crippen LogP contribution is 2.32. The van der Waals surface area contributed by atoms with Crippen LogP contribution in [0.5, 0.6) is 0 Å². The van der Waals surface area contributed by atoms with Gasteiger partial charge in [-0.25, -0.2) is 4.79 Å². The van der Waals surface area contributed by atoms with Crippen molar-refractivity contribution in [2.45, 2.75) is 50.7 Å². The number of nitrogens with one attached hydrogen (secondary N) is 1. The molecule has 0 unspecified atom stereocenters. The topological polar surface area (TPSA) is 37.3 Å². The Morgan fingerprint density at radius 2 is 1.75 bits per heavy atom. The van der Waals surface area contributed by atoms with Crippen molar-refractivity contribution in [1.82, 2.24) is 14.8 Å². The maximum atomic E-state index is 13.0. The summed E-state index contributed by atoms with van der Waals surface area (Å²) in [7, 11) is 0. The van der Waals surface area contributed by atoms with Gasteiger partial charge < -0.3 is 14.8 Å². The highest BCUT2D eigenvalue weighted by atomic mass is 16.2. The molecule has 1 aromatic carbocycles. The second-order valence-corrected chi connectivity index (χ2v) is 6.92. The molecule has 1 atom stereocenters. The molecule has 2 amide bonds. The van der Waals surface area contributed by atoms with Gasteiger partial charge >= 0.3 is 6.03 Å². The van der Waals surface area contributed by atoms with Crippen LogP contribution in [0.25, 0.3) is 0 Å². The van der Waals surface area contributed by atoms with Gasteiger partial charge in [-0.1, -0.05) is 49.6 Å². The van der Waals surface area contributed by atoms with Crippen LogP contribution in [0.15, 0.2) is 48.7 Å². The predicted molar refractivity (Wildman–Crippen MR) is 94.8 cm³/mol. The Morgan fingerprint density at radius 3 is 2.54 bits per heavy atom. The Balaban J connectivity index is 1.60. The first-order chi connectivity index (χ1) is 11.8. The van der Waals surface area contributed by atoms with Crippen molar-refractivity contribution < 1.29 is 4.79 Å². The van der Waals surface area contributed by atoms with Gasteiger partial charge in [-0.2, -0.15) is 0 Å². The maximum Gasteiger partial charge on any atom is 0.318 e. The first-order valence-electron chi connectivity index (χ1n) is 9.10. The average molecular weight is 323 g/mol. The zero-order valence-electron chi connectivity index (χ0n) is 14.0. The molecule has 1 fully saturated rings. The molecule has 1 aromatic heterocycles. The molecule has 4 nitrogen and oxygen atoms in total. The molecule has 0 radical (unpaired) electrons. The lowest BCUT2D eigenvalue weighted by molar-refractivity contribution is 0.162. The predicted octanol–water partition coefficient (Wildman–Crippen LogP) is 3.94. The summed E-state index contributed by atoms with van der Waals surface area (Å²) in [4.78, 5) is 15.0. The number of carbonyl (C=O) groups is 1. The van der Waals surface area contributed by atoms with E-state index in [0.717, 1.165) is 25.9 Å². The molecule has 4 rings (SSSR count). The summed E-state index contributed by atoms with van der Waals surface area (Å²) in [6, 6.07) is 15.0. The first kappa shape index (κ1) is 15.3. The standard InChI is InChI=1S/C20H25N3O/c24-20(21-17-10-5-2-6-11-17)23-15-14-22-13-7-12-18(22)19(23)16-8-3-1-4-9-16/h1,3-4,7-9,12-13,17,19H,2,5-6,10-11,14-15H2,(H,21,24)/t19-/m0/s1. The van der Waals surface area contributed by atoms with E-state index in [1.807, 2.05) is 11.0 Å². The van der Waals surface area contributed by atoms with Crippen molar-refractivity contribution in [2.75, 3.05) is 6.54 Å². The summed E-state index contributed by atoms with van der Waals surface area (Å²) in [5.74, 6) is 0. The van der Waals surface area contributed by atoms with Gasteiger partial charge in [-0.15, -0.1) is 0 Å². The van der Waals surface area contributed by atoms with Crippen LogP contribution in [0.2, 0.25) is 0 Å². The van der Waals surface area contributed by atoms with Crippen molar-refractivity contribution in [1.29, 1.82) is 0 Å². The summed E-state index contributed by atoms with van der Waals surface area (Å²) in [6.07, 6.45) is 8.11. The van der Waals surface area contributed by atoms with Crippen LogP contribution in [-0.4, -0.2) is 28.1 Å². The van der Waals surface area contributed by atoms with Crippen LogP contribution in [0.1, 0.15) is 49.4 Å². The summed E-state index contributed by atoms with van der Waals surface area (Å²) in [6.45, 7) is 1.61. The number of fused-ring (bicyclic) bond motifs is 1. The molecule has 4 heteroatoms. The SMILES string of the molecule is O=C(NC1CCCCC1)N1CCn2cccc2[C@@H]1c1ccccc1. The molecule has 1 aliphatic carbocycles. The normalized spacial score (nSPS) is 21.3. The lowest BCUT2D eigenvalue weighted by Gasteiger charge is -2.38. The van der Waals surface area contributed by atoms with Crippen LogP contribution in [0.4, 0.5) is 4.79 Å². The van der Waals surface area contributed by atoms with Gasteiger partial charge in [-0.3, -0.25) is 0 Å². The number of amides is 2. The molecule has 1 aliphatic heterocycles. The summed E-state index contributed by atoms with van der Waals surface area (Å²) in [5, 5.41) is 3.29. The smallest absolute Gasteiger partial charge is 0.318 e. The van der Waals surface area contributed by atoms with Crippen molar-refractivity contribution in [3.05, 3.63) is 59.9 Å². The zero-order chi connectivity index (χ0) is 16.4. The zero-order valence-corrected chi connectivity index (χ0v) is 14.0. The highest BCUT2D eigenvalue weighted by Gasteiger charge is 2.32. The van der Waals surface area contributed by atoms with Gasteiger partial charge in [0, 0.05) is 31.0 Å². The number of hydrogen-bond acceptors (Lipinski definition) is 1. The molecule has 126 valence electrons. The maximum absolute atomic E-state index is 13.0. The van der Waals surface area contributed by atoms with Gasteiger partial charge in [0.15, 0.2) is 0 Å². The Bertz CT molecular complexity index is 688. The molecule has 2 aromatic rings. The van der Waals surface area contributed by atoms with E-state index in [2.05, 4.69) is 52.5 Å². The van der Waals surface area contributed by atoms with Crippen LogP contribution in [0.3, 0.4) is 0 Å². The first-order valence-corrected chi connectivity index (χ1v) is 9.10. The number of urea groups is 1. The Kier molecular flexibility index (Phi) is 4.28. The lowest BCUT2D eigenvalue weighted by atomic mass is 9.95. The third-order valence-corrected chi connectivity index (χ3v) is 5.35. The molecule has 0 saturated heterocycles. The van der Waals surface area contributed by atoms with Crippen molar-refractivity contribution >= 4 is 6.03 Å². The minimum Gasteiger partial charge on any atom is -0.348 e. The number of nitrogens with zero attached hydrogens (tertiary/aromatic N) is 2. The number of benzene rings is 1. The van der Waals surface area contributed by atoms with E-state index in [1.54, 1.807) is 0 Å². The van der Waals surface area contributed by atoms with Gasteiger partial charge in [-0.05, 0) is 30.5 Å². The van der Waals surface area contributed by atoms with Crippen LogP contribution in [0, 0.1) is 0 Å². The monoisotopic (exact) mass is 323 g/mol. The van der Waals surface area contributed by atoms with Crippen molar-refractivity contribution in [2.24, 2.45) is 0 Å². The van der Waals surface area contributed by atoms with Gasteiger partial charge in [0.1, 0.15) is 0 Å². The third-order valence-electron chi connectivity index (χ3n) is 5.35. The minimum absolute atomic E-state index is 0.00135. The van der Waals surface area contributed by atoms with E-state index in [9.17, 15) is 4.79 Å². The van der Waals surface area contributed by atoms with E-state index >= 15 is 0 Å². The van der Waals surface area contributed by atoms with E-state index < -0.39 is 0 Å². The highest BCUT2D eigenvalue weighted by molar-refractivity contribution is 5.76. The Hall–Kier alpha value is -2.23. The number of aromatic nitrogens is 1. The van der Waals surface area contributed by atoms with Crippen molar-refractivity contribution in [3.8, 4) is 0 Å². The van der Waals surface area contributed by atoms with Crippen molar-refractivity contribution in [3.63, 3.8) is 0 Å². The molecule has 0 spiro atoms.